The van der Waals surface area contributed by atoms with Gasteiger partial charge in [0, 0.05) is 18.5 Å². The molecule has 0 aromatic heterocycles. The van der Waals surface area contributed by atoms with Crippen LogP contribution in [0.15, 0.2) is 24.3 Å². The summed E-state index contributed by atoms with van der Waals surface area (Å²) < 4.78 is 0. The third-order valence-corrected chi connectivity index (χ3v) is 2.45. The molecule has 0 saturated heterocycles. The van der Waals surface area contributed by atoms with E-state index in [1.54, 1.807) is 13.0 Å². The molecular formula is C13H15NO5. The minimum absolute atomic E-state index is 0.0730. The molecule has 6 heteroatoms. The van der Waals surface area contributed by atoms with Gasteiger partial charge in [0.05, 0.1) is 5.56 Å². The van der Waals surface area contributed by atoms with E-state index in [9.17, 15) is 14.4 Å². The van der Waals surface area contributed by atoms with Crippen LogP contribution in [0.1, 0.15) is 30.1 Å². The van der Waals surface area contributed by atoms with Gasteiger partial charge >= 0.3 is 11.9 Å². The number of hydrogen-bond acceptors (Lipinski definition) is 3. The molecule has 0 aliphatic heterocycles. The number of anilines is 1. The van der Waals surface area contributed by atoms with Crippen LogP contribution < -0.4 is 5.32 Å². The third kappa shape index (κ3) is 5.20. The summed E-state index contributed by atoms with van der Waals surface area (Å²) in [4.78, 5) is 32.9. The van der Waals surface area contributed by atoms with Crippen molar-refractivity contribution in [1.82, 2.24) is 0 Å². The van der Waals surface area contributed by atoms with Gasteiger partial charge in [0.25, 0.3) is 0 Å². The highest BCUT2D eigenvalue weighted by Crippen LogP contribution is 2.13. The summed E-state index contributed by atoms with van der Waals surface area (Å²) in [7, 11) is 0. The summed E-state index contributed by atoms with van der Waals surface area (Å²) in [5, 5.41) is 19.9. The summed E-state index contributed by atoms with van der Waals surface area (Å²) >= 11 is 0. The largest absolute Gasteiger partial charge is 0.481 e. The fraction of sp³-hybridized carbons (Fsp3) is 0.308. The molecule has 0 radical (unpaired) electrons. The predicted molar refractivity (Wildman–Crippen MR) is 68.1 cm³/mol. The molecule has 19 heavy (non-hydrogen) atoms. The highest BCUT2D eigenvalue weighted by molar-refractivity contribution is 5.94. The minimum Gasteiger partial charge on any atom is -0.481 e. The number of carboxylic acid groups (broad SMARTS) is 2. The lowest BCUT2D eigenvalue weighted by molar-refractivity contribution is -0.138. The fourth-order valence-electron chi connectivity index (χ4n) is 1.63. The van der Waals surface area contributed by atoms with Crippen molar-refractivity contribution in [2.45, 2.75) is 19.8 Å². The quantitative estimate of drug-likeness (QED) is 0.727. The molecule has 1 atom stereocenters. The summed E-state index contributed by atoms with van der Waals surface area (Å²) in [5.41, 5.74) is 0.462. The van der Waals surface area contributed by atoms with E-state index < -0.39 is 11.9 Å². The zero-order valence-corrected chi connectivity index (χ0v) is 10.4. The second-order valence-corrected chi connectivity index (χ2v) is 4.34. The lowest BCUT2D eigenvalue weighted by Gasteiger charge is -2.09. The van der Waals surface area contributed by atoms with Gasteiger partial charge in [-0.15, -0.1) is 0 Å². The maximum absolute atomic E-state index is 11.6. The number of aromatic carboxylic acids is 1. The van der Waals surface area contributed by atoms with Gasteiger partial charge in [-0.2, -0.15) is 0 Å². The zero-order chi connectivity index (χ0) is 14.4. The highest BCUT2D eigenvalue weighted by atomic mass is 16.4. The summed E-state index contributed by atoms with van der Waals surface area (Å²) in [6.07, 6.45) is -0.00775. The Morgan fingerprint density at radius 1 is 1.21 bits per heavy atom. The molecule has 0 heterocycles. The third-order valence-electron chi connectivity index (χ3n) is 2.45. The number of amides is 1. The first-order valence-corrected chi connectivity index (χ1v) is 5.73. The van der Waals surface area contributed by atoms with E-state index in [-0.39, 0.29) is 30.2 Å². The average molecular weight is 265 g/mol. The second kappa shape index (κ2) is 6.53. The van der Waals surface area contributed by atoms with Gasteiger partial charge in [-0.1, -0.05) is 13.0 Å². The maximum Gasteiger partial charge on any atom is 0.335 e. The van der Waals surface area contributed by atoms with E-state index in [1.807, 2.05) is 0 Å². The van der Waals surface area contributed by atoms with Gasteiger partial charge in [-0.25, -0.2) is 4.79 Å². The topological polar surface area (TPSA) is 104 Å². The molecule has 1 rings (SSSR count). The van der Waals surface area contributed by atoms with Gasteiger partial charge in [0.2, 0.25) is 5.91 Å². The zero-order valence-electron chi connectivity index (χ0n) is 10.4. The van der Waals surface area contributed by atoms with Crippen LogP contribution in [0.2, 0.25) is 0 Å². The van der Waals surface area contributed by atoms with Gasteiger partial charge in [0.1, 0.15) is 0 Å². The first kappa shape index (κ1) is 14.7. The van der Waals surface area contributed by atoms with E-state index >= 15 is 0 Å². The van der Waals surface area contributed by atoms with Crippen molar-refractivity contribution in [3.05, 3.63) is 29.8 Å². The van der Waals surface area contributed by atoms with Crippen molar-refractivity contribution < 1.29 is 24.6 Å². The number of carbonyl (C=O) groups is 3. The summed E-state index contributed by atoms with van der Waals surface area (Å²) in [6, 6.07) is 5.87. The second-order valence-electron chi connectivity index (χ2n) is 4.34. The lowest BCUT2D eigenvalue weighted by Crippen LogP contribution is -2.17. The molecule has 0 aliphatic carbocycles. The molecule has 0 saturated carbocycles. The predicted octanol–water partition coefficient (Wildman–Crippen LogP) is 1.82. The van der Waals surface area contributed by atoms with Gasteiger partial charge in [-0.05, 0) is 24.1 Å². The number of rotatable bonds is 6. The van der Waals surface area contributed by atoms with Crippen LogP contribution in [0.25, 0.3) is 0 Å². The van der Waals surface area contributed by atoms with Crippen LogP contribution in [-0.2, 0) is 9.59 Å². The van der Waals surface area contributed by atoms with Crippen molar-refractivity contribution in [1.29, 1.82) is 0 Å². The SMILES string of the molecule is CC(CC(=O)O)CC(=O)Nc1cccc(C(=O)O)c1. The summed E-state index contributed by atoms with van der Waals surface area (Å²) in [6.45, 7) is 1.67. The first-order valence-electron chi connectivity index (χ1n) is 5.73. The van der Waals surface area contributed by atoms with Gasteiger partial charge in [-0.3, -0.25) is 9.59 Å². The number of carboxylic acids is 2. The van der Waals surface area contributed by atoms with Crippen LogP contribution in [0.3, 0.4) is 0 Å². The Hall–Kier alpha value is -2.37. The van der Waals surface area contributed by atoms with Crippen LogP contribution in [0, 0.1) is 5.92 Å². The number of carbonyl (C=O) groups excluding carboxylic acids is 1. The van der Waals surface area contributed by atoms with E-state index in [0.717, 1.165) is 0 Å². The van der Waals surface area contributed by atoms with Crippen molar-refractivity contribution in [2.24, 2.45) is 5.92 Å². The van der Waals surface area contributed by atoms with E-state index in [1.165, 1.54) is 18.2 Å². The average Bonchev–Trinajstić information content (AvgIpc) is 2.27. The van der Waals surface area contributed by atoms with Crippen molar-refractivity contribution >= 4 is 23.5 Å². The van der Waals surface area contributed by atoms with Crippen LogP contribution in [0.4, 0.5) is 5.69 Å². The molecule has 3 N–H and O–H groups in total. The molecular weight excluding hydrogens is 250 g/mol. The van der Waals surface area contributed by atoms with Crippen molar-refractivity contribution in [3.63, 3.8) is 0 Å². The Bertz CT molecular complexity index is 498. The Labute approximate surface area is 110 Å². The molecule has 102 valence electrons. The Morgan fingerprint density at radius 3 is 2.47 bits per heavy atom. The normalized spacial score (nSPS) is 11.6. The molecule has 0 aliphatic rings. The Kier molecular flexibility index (Phi) is 5.05. The number of benzene rings is 1. The molecule has 1 amide bonds. The number of hydrogen-bond donors (Lipinski definition) is 3. The van der Waals surface area contributed by atoms with E-state index in [0.29, 0.717) is 5.69 Å². The maximum atomic E-state index is 11.6. The lowest BCUT2D eigenvalue weighted by atomic mass is 10.0. The fourth-order valence-corrected chi connectivity index (χ4v) is 1.63. The van der Waals surface area contributed by atoms with E-state index in [2.05, 4.69) is 5.32 Å². The van der Waals surface area contributed by atoms with Crippen LogP contribution >= 0.6 is 0 Å². The Morgan fingerprint density at radius 2 is 1.89 bits per heavy atom. The molecule has 0 spiro atoms. The summed E-state index contributed by atoms with van der Waals surface area (Å²) in [5.74, 6) is -2.64. The highest BCUT2D eigenvalue weighted by Gasteiger charge is 2.13. The molecule has 0 bridgehead atoms. The van der Waals surface area contributed by atoms with Gasteiger partial charge < -0.3 is 15.5 Å². The minimum atomic E-state index is -1.07. The Balaban J connectivity index is 2.59. The monoisotopic (exact) mass is 265 g/mol. The van der Waals surface area contributed by atoms with Crippen LogP contribution in [-0.4, -0.2) is 28.1 Å². The van der Waals surface area contributed by atoms with Crippen molar-refractivity contribution in [2.75, 3.05) is 5.32 Å². The van der Waals surface area contributed by atoms with Gasteiger partial charge in [0.15, 0.2) is 0 Å². The number of aliphatic carboxylic acids is 1. The molecule has 0 fully saturated rings. The van der Waals surface area contributed by atoms with E-state index in [4.69, 9.17) is 10.2 Å². The smallest absolute Gasteiger partial charge is 0.335 e. The molecule has 1 unspecified atom stereocenters. The molecule has 1 aromatic rings. The standard InChI is InChI=1S/C13H15NO5/c1-8(6-12(16)17)5-11(15)14-10-4-2-3-9(7-10)13(18)19/h2-4,7-8H,5-6H2,1H3,(H,14,15)(H,16,17)(H,18,19). The molecule has 1 aromatic carbocycles. The van der Waals surface area contributed by atoms with Crippen LogP contribution in [0.5, 0.6) is 0 Å². The number of nitrogens with one attached hydrogen (secondary N) is 1. The molecule has 6 nitrogen and oxygen atoms in total. The first-order chi connectivity index (χ1) is 8.88. The van der Waals surface area contributed by atoms with Crippen molar-refractivity contribution in [3.8, 4) is 0 Å².